The van der Waals surface area contributed by atoms with Gasteiger partial charge in [0.25, 0.3) is 0 Å². The van der Waals surface area contributed by atoms with Crippen LogP contribution < -0.4 is 4.74 Å². The molecule has 0 aliphatic rings. The fourth-order valence-corrected chi connectivity index (χ4v) is 1.94. The molecular formula is C14H18N2O3. The first-order valence-electron chi connectivity index (χ1n) is 5.99. The van der Waals surface area contributed by atoms with E-state index < -0.39 is 6.29 Å². The summed E-state index contributed by atoms with van der Waals surface area (Å²) in [5.41, 5.74) is 1.82. The van der Waals surface area contributed by atoms with Gasteiger partial charge in [0.05, 0.1) is 13.7 Å². The lowest BCUT2D eigenvalue weighted by Crippen LogP contribution is -2.07. The molecule has 0 radical (unpaired) electrons. The van der Waals surface area contributed by atoms with Gasteiger partial charge < -0.3 is 14.2 Å². The smallest absolute Gasteiger partial charge is 0.202 e. The molecule has 1 heterocycles. The van der Waals surface area contributed by atoms with Crippen molar-refractivity contribution in [2.75, 3.05) is 21.3 Å². The van der Waals surface area contributed by atoms with E-state index in [0.717, 1.165) is 17.0 Å². The molecule has 0 unspecified atom stereocenters. The first-order chi connectivity index (χ1) is 9.28. The monoisotopic (exact) mass is 262 g/mol. The van der Waals surface area contributed by atoms with Gasteiger partial charge in [-0.1, -0.05) is 18.2 Å². The minimum absolute atomic E-state index is 0.432. The first-order valence-corrected chi connectivity index (χ1v) is 5.99. The molecule has 0 aliphatic heterocycles. The zero-order valence-corrected chi connectivity index (χ0v) is 11.4. The quantitative estimate of drug-likeness (QED) is 0.749. The lowest BCUT2D eigenvalue weighted by Gasteiger charge is -2.10. The van der Waals surface area contributed by atoms with Crippen LogP contribution in [0.2, 0.25) is 0 Å². The zero-order chi connectivity index (χ0) is 13.7. The molecule has 5 heteroatoms. The van der Waals surface area contributed by atoms with Crippen LogP contribution in [0.4, 0.5) is 0 Å². The van der Waals surface area contributed by atoms with Crippen molar-refractivity contribution in [2.45, 2.75) is 12.8 Å². The van der Waals surface area contributed by atoms with Crippen LogP contribution in [0.3, 0.4) is 0 Å². The molecule has 5 nitrogen and oxygen atoms in total. The number of rotatable bonds is 6. The molecule has 2 aromatic rings. The van der Waals surface area contributed by atoms with Crippen molar-refractivity contribution in [2.24, 2.45) is 0 Å². The maximum atomic E-state index is 5.32. The summed E-state index contributed by atoms with van der Waals surface area (Å²) in [6, 6.07) is 9.77. The summed E-state index contributed by atoms with van der Waals surface area (Å²) in [5, 5.41) is 4.43. The van der Waals surface area contributed by atoms with E-state index >= 15 is 0 Å². The molecule has 0 saturated heterocycles. The van der Waals surface area contributed by atoms with E-state index in [1.54, 1.807) is 21.3 Å². The Morgan fingerprint density at radius 2 is 1.84 bits per heavy atom. The third-order valence-electron chi connectivity index (χ3n) is 2.86. The summed E-state index contributed by atoms with van der Waals surface area (Å²) in [5.74, 6) is 0.856. The minimum Gasteiger partial charge on any atom is -0.496 e. The second kappa shape index (κ2) is 6.36. The lowest BCUT2D eigenvalue weighted by atomic mass is 10.2. The van der Waals surface area contributed by atoms with E-state index in [1.807, 2.05) is 41.2 Å². The predicted molar refractivity (Wildman–Crippen MR) is 71.1 cm³/mol. The number of aromatic nitrogens is 2. The Hall–Kier alpha value is -1.85. The SMILES string of the molecule is COc1ccccc1Cn1ccc(C(OC)OC)n1. The van der Waals surface area contributed by atoms with E-state index in [1.165, 1.54) is 0 Å². The second-order valence-electron chi connectivity index (χ2n) is 4.05. The molecule has 1 aromatic heterocycles. The highest BCUT2D eigenvalue weighted by atomic mass is 16.7. The summed E-state index contributed by atoms with van der Waals surface area (Å²) < 4.78 is 17.5. The van der Waals surface area contributed by atoms with E-state index in [0.29, 0.717) is 6.54 Å². The highest BCUT2D eigenvalue weighted by Crippen LogP contribution is 2.19. The van der Waals surface area contributed by atoms with Gasteiger partial charge >= 0.3 is 0 Å². The van der Waals surface area contributed by atoms with Crippen molar-refractivity contribution in [3.63, 3.8) is 0 Å². The van der Waals surface area contributed by atoms with Crippen molar-refractivity contribution >= 4 is 0 Å². The van der Waals surface area contributed by atoms with Crippen LogP contribution in [0.1, 0.15) is 17.5 Å². The van der Waals surface area contributed by atoms with E-state index in [2.05, 4.69) is 5.10 Å². The number of ether oxygens (including phenoxy) is 3. The second-order valence-corrected chi connectivity index (χ2v) is 4.05. The maximum Gasteiger partial charge on any atom is 0.202 e. The third kappa shape index (κ3) is 3.13. The summed E-state index contributed by atoms with van der Waals surface area (Å²) in [6.07, 6.45) is 1.46. The molecule has 102 valence electrons. The Morgan fingerprint density at radius 3 is 2.53 bits per heavy atom. The highest BCUT2D eigenvalue weighted by molar-refractivity contribution is 5.33. The predicted octanol–water partition coefficient (Wildman–Crippen LogP) is 2.23. The molecule has 0 atom stereocenters. The molecule has 2 rings (SSSR count). The highest BCUT2D eigenvalue weighted by Gasteiger charge is 2.12. The number of methoxy groups -OCH3 is 3. The minimum atomic E-state index is -0.432. The fourth-order valence-electron chi connectivity index (χ4n) is 1.94. The van der Waals surface area contributed by atoms with Gasteiger partial charge in [0.2, 0.25) is 6.29 Å². The lowest BCUT2D eigenvalue weighted by molar-refractivity contribution is -0.108. The zero-order valence-electron chi connectivity index (χ0n) is 11.4. The fraction of sp³-hybridized carbons (Fsp3) is 0.357. The molecule has 0 spiro atoms. The Bertz CT molecular complexity index is 521. The Balaban J connectivity index is 2.15. The molecule has 0 fully saturated rings. The number of nitrogens with zero attached hydrogens (tertiary/aromatic N) is 2. The van der Waals surface area contributed by atoms with Crippen LogP contribution in [0.15, 0.2) is 36.5 Å². The number of hydrogen-bond acceptors (Lipinski definition) is 4. The standard InChI is InChI=1S/C14H18N2O3/c1-17-13-7-5-4-6-11(13)10-16-9-8-12(15-16)14(18-2)19-3/h4-9,14H,10H2,1-3H3. The van der Waals surface area contributed by atoms with E-state index in [4.69, 9.17) is 14.2 Å². The summed E-state index contributed by atoms with van der Waals surface area (Å²) >= 11 is 0. The number of hydrogen-bond donors (Lipinski definition) is 0. The summed E-state index contributed by atoms with van der Waals surface area (Å²) in [6.45, 7) is 0.643. The molecule has 19 heavy (non-hydrogen) atoms. The first kappa shape index (κ1) is 13.6. The molecule has 1 aromatic carbocycles. The Labute approximate surface area is 112 Å². The molecule has 0 N–H and O–H groups in total. The number of para-hydroxylation sites is 1. The van der Waals surface area contributed by atoms with Crippen LogP contribution in [0, 0.1) is 0 Å². The van der Waals surface area contributed by atoms with Gasteiger partial charge in [-0.25, -0.2) is 0 Å². The van der Waals surface area contributed by atoms with Gasteiger partial charge in [-0.3, -0.25) is 4.68 Å². The Kier molecular flexibility index (Phi) is 4.54. The molecule has 0 bridgehead atoms. The van der Waals surface area contributed by atoms with Gasteiger partial charge in [-0.15, -0.1) is 0 Å². The van der Waals surface area contributed by atoms with Crippen molar-refractivity contribution < 1.29 is 14.2 Å². The van der Waals surface area contributed by atoms with Gasteiger partial charge in [-0.2, -0.15) is 5.10 Å². The van der Waals surface area contributed by atoms with Crippen LogP contribution in [0.25, 0.3) is 0 Å². The van der Waals surface area contributed by atoms with Crippen molar-refractivity contribution in [3.05, 3.63) is 47.8 Å². The average Bonchev–Trinajstić information content (AvgIpc) is 2.89. The van der Waals surface area contributed by atoms with Gasteiger partial charge in [-0.05, 0) is 12.1 Å². The van der Waals surface area contributed by atoms with Crippen molar-refractivity contribution in [1.82, 2.24) is 9.78 Å². The van der Waals surface area contributed by atoms with E-state index in [-0.39, 0.29) is 0 Å². The molecule has 0 saturated carbocycles. The van der Waals surface area contributed by atoms with Crippen LogP contribution in [0.5, 0.6) is 5.75 Å². The van der Waals surface area contributed by atoms with Crippen LogP contribution >= 0.6 is 0 Å². The van der Waals surface area contributed by atoms with Crippen LogP contribution in [-0.2, 0) is 16.0 Å². The molecular weight excluding hydrogens is 244 g/mol. The van der Waals surface area contributed by atoms with E-state index in [9.17, 15) is 0 Å². The molecule has 0 amide bonds. The normalized spacial score (nSPS) is 10.9. The summed E-state index contributed by atoms with van der Waals surface area (Å²) in [7, 11) is 4.85. The largest absolute Gasteiger partial charge is 0.496 e. The van der Waals surface area contributed by atoms with Crippen molar-refractivity contribution in [3.8, 4) is 5.75 Å². The molecule has 0 aliphatic carbocycles. The van der Waals surface area contributed by atoms with Gasteiger partial charge in [0.1, 0.15) is 11.4 Å². The Morgan fingerprint density at radius 1 is 1.11 bits per heavy atom. The topological polar surface area (TPSA) is 45.5 Å². The van der Waals surface area contributed by atoms with Crippen molar-refractivity contribution in [1.29, 1.82) is 0 Å². The third-order valence-corrected chi connectivity index (χ3v) is 2.86. The summed E-state index contributed by atoms with van der Waals surface area (Å²) in [4.78, 5) is 0. The average molecular weight is 262 g/mol. The van der Waals surface area contributed by atoms with Crippen LogP contribution in [-0.4, -0.2) is 31.1 Å². The maximum absolute atomic E-state index is 5.32. The van der Waals surface area contributed by atoms with Gasteiger partial charge in [0, 0.05) is 26.0 Å². The van der Waals surface area contributed by atoms with Gasteiger partial charge in [0.15, 0.2) is 0 Å². The number of benzene rings is 1.